The summed E-state index contributed by atoms with van der Waals surface area (Å²) in [4.78, 5) is 14.9. The van der Waals surface area contributed by atoms with Gasteiger partial charge >= 0.3 is 6.36 Å². The molecule has 4 rings (SSSR count). The second kappa shape index (κ2) is 9.85. The highest BCUT2D eigenvalue weighted by molar-refractivity contribution is 6.09. The number of ether oxygens (including phenoxy) is 1. The number of hydrogen-bond acceptors (Lipinski definition) is 3. The number of nitrogens with two attached hydrogens (primary N) is 1. The number of carbonyl (C=O) groups is 1. The second-order valence-corrected chi connectivity index (χ2v) is 8.68. The summed E-state index contributed by atoms with van der Waals surface area (Å²) in [5, 5.41) is -0.204. The molecule has 1 fully saturated rings. The van der Waals surface area contributed by atoms with E-state index < -0.39 is 23.8 Å². The molecule has 0 radical (unpaired) electrons. The van der Waals surface area contributed by atoms with Gasteiger partial charge in [0.05, 0.1) is 16.5 Å². The van der Waals surface area contributed by atoms with Crippen LogP contribution >= 0.6 is 0 Å². The number of nitrogens with zero attached hydrogens (tertiary/aromatic N) is 2. The Balaban J connectivity index is 1.65. The zero-order valence-electron chi connectivity index (χ0n) is 19.2. The van der Waals surface area contributed by atoms with E-state index in [1.54, 1.807) is 12.1 Å². The highest BCUT2D eigenvalue weighted by Crippen LogP contribution is 2.38. The zero-order valence-corrected chi connectivity index (χ0v) is 19.2. The van der Waals surface area contributed by atoms with Crippen molar-refractivity contribution >= 4 is 16.8 Å². The molecule has 5 nitrogen and oxygen atoms in total. The third kappa shape index (κ3) is 5.12. The Morgan fingerprint density at radius 1 is 1.11 bits per heavy atom. The Kier molecular flexibility index (Phi) is 7.02. The summed E-state index contributed by atoms with van der Waals surface area (Å²) in [5.74, 6) is -2.33. The first-order valence-electron chi connectivity index (χ1n) is 11.5. The Bertz CT molecular complexity index is 1230. The number of alkyl halides is 3. The number of benzene rings is 2. The fraction of sp³-hybridized carbons (Fsp3) is 0.400. The molecule has 3 aromatic rings. The van der Waals surface area contributed by atoms with Gasteiger partial charge in [0.2, 0.25) is 0 Å². The lowest BCUT2D eigenvalue weighted by Gasteiger charge is -2.32. The van der Waals surface area contributed by atoms with Crippen molar-refractivity contribution in [3.05, 3.63) is 64.9 Å². The minimum Gasteiger partial charge on any atom is -0.405 e. The highest BCUT2D eigenvalue weighted by Gasteiger charge is 2.35. The Labute approximate surface area is 199 Å². The van der Waals surface area contributed by atoms with Crippen molar-refractivity contribution in [2.24, 2.45) is 5.73 Å². The smallest absolute Gasteiger partial charge is 0.405 e. The van der Waals surface area contributed by atoms with Crippen LogP contribution in [-0.4, -0.2) is 34.8 Å². The van der Waals surface area contributed by atoms with Gasteiger partial charge in [0.15, 0.2) is 0 Å². The molecule has 2 heterocycles. The predicted molar refractivity (Wildman–Crippen MR) is 121 cm³/mol. The highest BCUT2D eigenvalue weighted by atomic mass is 19.4. The van der Waals surface area contributed by atoms with Gasteiger partial charge < -0.3 is 19.9 Å². The average molecular weight is 495 g/mol. The number of carbonyl (C=O) groups excluding carboxylic acids is 1. The van der Waals surface area contributed by atoms with Crippen LogP contribution in [0.15, 0.2) is 36.5 Å². The van der Waals surface area contributed by atoms with Gasteiger partial charge in [-0.05, 0) is 54.5 Å². The molecule has 188 valence electrons. The Morgan fingerprint density at radius 3 is 2.43 bits per heavy atom. The van der Waals surface area contributed by atoms with Crippen molar-refractivity contribution in [2.75, 3.05) is 13.1 Å². The van der Waals surface area contributed by atoms with Crippen LogP contribution in [0.25, 0.3) is 10.9 Å². The lowest BCUT2D eigenvalue weighted by atomic mass is 9.88. The van der Waals surface area contributed by atoms with Crippen LogP contribution in [0.2, 0.25) is 0 Å². The molecular formula is C25H26F5N3O2. The van der Waals surface area contributed by atoms with Crippen molar-refractivity contribution in [1.82, 2.24) is 9.47 Å². The monoisotopic (exact) mass is 495 g/mol. The van der Waals surface area contributed by atoms with E-state index in [1.165, 1.54) is 21.7 Å². The standard InChI is InChI=1S/C25H26F5N3O2/c1-2-9-33-14-18(22-21(35-25(28,29)30)6-5-20(27)23(22)33)24(34)32-10-7-16(8-11-32)17-12-15(13-31)3-4-19(17)26/h3-6,12,14,16H,2,7-11,13,31H2,1H3. The summed E-state index contributed by atoms with van der Waals surface area (Å²) in [5.41, 5.74) is 6.86. The summed E-state index contributed by atoms with van der Waals surface area (Å²) < 4.78 is 73.9. The van der Waals surface area contributed by atoms with E-state index in [4.69, 9.17) is 5.73 Å². The van der Waals surface area contributed by atoms with Gasteiger partial charge in [-0.15, -0.1) is 13.2 Å². The number of hydrogen-bond donors (Lipinski definition) is 1. The fourth-order valence-corrected chi connectivity index (χ4v) is 4.76. The van der Waals surface area contributed by atoms with Gasteiger partial charge in [-0.25, -0.2) is 8.78 Å². The third-order valence-electron chi connectivity index (χ3n) is 6.37. The molecule has 1 aromatic heterocycles. The van der Waals surface area contributed by atoms with Crippen molar-refractivity contribution in [3.8, 4) is 5.75 Å². The van der Waals surface area contributed by atoms with Gasteiger partial charge in [0.1, 0.15) is 17.4 Å². The number of rotatable bonds is 6. The lowest BCUT2D eigenvalue weighted by molar-refractivity contribution is -0.274. The first-order chi connectivity index (χ1) is 16.6. The molecule has 2 aromatic carbocycles. The molecular weight excluding hydrogens is 469 g/mol. The van der Waals surface area contributed by atoms with Crippen LogP contribution < -0.4 is 10.5 Å². The lowest BCUT2D eigenvalue weighted by Crippen LogP contribution is -2.38. The van der Waals surface area contributed by atoms with E-state index in [2.05, 4.69) is 4.74 Å². The number of amides is 1. The summed E-state index contributed by atoms with van der Waals surface area (Å²) >= 11 is 0. The molecule has 1 amide bonds. The van der Waals surface area contributed by atoms with Crippen LogP contribution in [0.5, 0.6) is 5.75 Å². The molecule has 10 heteroatoms. The Morgan fingerprint density at radius 2 is 1.80 bits per heavy atom. The molecule has 0 aliphatic carbocycles. The second-order valence-electron chi connectivity index (χ2n) is 8.68. The largest absolute Gasteiger partial charge is 0.573 e. The maximum Gasteiger partial charge on any atom is 0.573 e. The number of likely N-dealkylation sites (tertiary alicyclic amines) is 1. The Hall–Kier alpha value is -3.14. The van der Waals surface area contributed by atoms with Gasteiger partial charge in [-0.3, -0.25) is 4.79 Å². The molecule has 35 heavy (non-hydrogen) atoms. The van der Waals surface area contributed by atoms with Gasteiger partial charge in [0, 0.05) is 32.4 Å². The topological polar surface area (TPSA) is 60.5 Å². The van der Waals surface area contributed by atoms with E-state index in [-0.39, 0.29) is 47.8 Å². The minimum atomic E-state index is -5.00. The first-order valence-corrected chi connectivity index (χ1v) is 11.5. The molecule has 0 saturated carbocycles. The van der Waals surface area contributed by atoms with Gasteiger partial charge in [0.25, 0.3) is 5.91 Å². The molecule has 0 bridgehead atoms. The number of aromatic nitrogens is 1. The summed E-state index contributed by atoms with van der Waals surface area (Å²) in [6.45, 7) is 2.99. The first kappa shape index (κ1) is 25.0. The number of aryl methyl sites for hydroxylation is 1. The van der Waals surface area contributed by atoms with E-state index in [0.29, 0.717) is 31.4 Å². The maximum atomic E-state index is 14.7. The van der Waals surface area contributed by atoms with Crippen LogP contribution in [0.3, 0.4) is 0 Å². The molecule has 1 aliphatic heterocycles. The zero-order chi connectivity index (χ0) is 25.3. The molecule has 1 aliphatic rings. The van der Waals surface area contributed by atoms with Gasteiger partial charge in [-0.1, -0.05) is 19.1 Å². The van der Waals surface area contributed by atoms with Crippen LogP contribution in [-0.2, 0) is 13.1 Å². The molecule has 0 atom stereocenters. The SMILES string of the molecule is CCCn1cc(C(=O)N2CCC(c3cc(CN)ccc3F)CC2)c2c(OC(F)(F)F)ccc(F)c21. The van der Waals surface area contributed by atoms with Crippen molar-refractivity contribution in [3.63, 3.8) is 0 Å². The van der Waals surface area contributed by atoms with Crippen molar-refractivity contribution < 1.29 is 31.5 Å². The number of halogens is 5. The summed E-state index contributed by atoms with van der Waals surface area (Å²) in [6, 6.07) is 6.54. The maximum absolute atomic E-state index is 14.7. The normalized spacial score (nSPS) is 15.1. The average Bonchev–Trinajstić information content (AvgIpc) is 3.21. The molecule has 1 saturated heterocycles. The molecule has 0 spiro atoms. The van der Waals surface area contributed by atoms with E-state index in [1.807, 2.05) is 6.92 Å². The van der Waals surface area contributed by atoms with Crippen LogP contribution in [0.1, 0.15) is 53.6 Å². The van der Waals surface area contributed by atoms with E-state index in [0.717, 1.165) is 17.7 Å². The molecule has 0 unspecified atom stereocenters. The minimum absolute atomic E-state index is 0.0537. The quantitative estimate of drug-likeness (QED) is 0.446. The fourth-order valence-electron chi connectivity index (χ4n) is 4.76. The molecule has 2 N–H and O–H groups in total. The van der Waals surface area contributed by atoms with E-state index >= 15 is 0 Å². The van der Waals surface area contributed by atoms with Crippen molar-refractivity contribution in [1.29, 1.82) is 0 Å². The summed E-state index contributed by atoms with van der Waals surface area (Å²) in [6.07, 6.45) is -2.08. The van der Waals surface area contributed by atoms with E-state index in [9.17, 15) is 26.7 Å². The third-order valence-corrected chi connectivity index (χ3v) is 6.37. The van der Waals surface area contributed by atoms with Gasteiger partial charge in [-0.2, -0.15) is 0 Å². The summed E-state index contributed by atoms with van der Waals surface area (Å²) in [7, 11) is 0. The van der Waals surface area contributed by atoms with Crippen LogP contribution in [0.4, 0.5) is 22.0 Å². The number of fused-ring (bicyclic) bond motifs is 1. The predicted octanol–water partition coefficient (Wildman–Crippen LogP) is 5.71. The van der Waals surface area contributed by atoms with Crippen LogP contribution in [0, 0.1) is 11.6 Å². The number of piperidine rings is 1. The van der Waals surface area contributed by atoms with Crippen molar-refractivity contribution in [2.45, 2.75) is 51.6 Å².